The lowest BCUT2D eigenvalue weighted by Crippen LogP contribution is -2.24. The SMILES string of the molecule is O=P1(Cl)OCC2[C@@H](CO1)C1C=C[C@H]2C1. The molecule has 2 fully saturated rings. The molecule has 3 nitrogen and oxygen atoms in total. The van der Waals surface area contributed by atoms with Gasteiger partial charge in [0, 0.05) is 11.2 Å². The first kappa shape index (κ1) is 9.41. The van der Waals surface area contributed by atoms with E-state index in [0.717, 1.165) is 0 Å². The van der Waals surface area contributed by atoms with Gasteiger partial charge in [0.25, 0.3) is 0 Å². The summed E-state index contributed by atoms with van der Waals surface area (Å²) in [7, 11) is 0. The molecular weight excluding hydrogens is 223 g/mol. The molecule has 3 aliphatic rings. The molecule has 14 heavy (non-hydrogen) atoms. The van der Waals surface area contributed by atoms with Crippen molar-refractivity contribution in [2.45, 2.75) is 6.42 Å². The van der Waals surface area contributed by atoms with Gasteiger partial charge in [-0.05, 0) is 30.1 Å². The number of hydrogen-bond acceptors (Lipinski definition) is 3. The molecular formula is C9H12ClO3P. The zero-order valence-electron chi connectivity index (χ0n) is 7.64. The van der Waals surface area contributed by atoms with Crippen molar-refractivity contribution in [1.82, 2.24) is 0 Å². The average molecular weight is 235 g/mol. The molecule has 5 atom stereocenters. The number of hydrogen-bond donors (Lipinski definition) is 0. The summed E-state index contributed by atoms with van der Waals surface area (Å²) < 4.78 is 21.7. The van der Waals surface area contributed by atoms with E-state index in [1.807, 2.05) is 0 Å². The van der Waals surface area contributed by atoms with E-state index in [9.17, 15) is 4.57 Å². The molecule has 0 N–H and O–H groups in total. The Bertz CT molecular complexity index is 304. The Labute approximate surface area is 87.7 Å². The zero-order chi connectivity index (χ0) is 9.76. The molecule has 0 spiro atoms. The first-order chi connectivity index (χ1) is 6.66. The standard InChI is InChI=1S/C9H12ClO3P/c10-14(11)12-4-8-6-1-2-7(3-6)9(8)5-13-14/h1-2,6-9H,3-5H2/t6-,7?,8?,9-,14?/m0/s1. The van der Waals surface area contributed by atoms with Gasteiger partial charge < -0.3 is 0 Å². The molecule has 3 unspecified atom stereocenters. The fourth-order valence-electron chi connectivity index (χ4n) is 2.91. The van der Waals surface area contributed by atoms with Gasteiger partial charge in [0.15, 0.2) is 0 Å². The Morgan fingerprint density at radius 1 is 1.14 bits per heavy atom. The molecule has 0 aromatic carbocycles. The summed E-state index contributed by atoms with van der Waals surface area (Å²) in [5.74, 6) is 2.09. The Hall–Kier alpha value is 0.180. The monoisotopic (exact) mass is 234 g/mol. The molecule has 1 saturated heterocycles. The Balaban J connectivity index is 1.84. The first-order valence-corrected chi connectivity index (χ1v) is 7.37. The summed E-state index contributed by atoms with van der Waals surface area (Å²) in [4.78, 5) is 0. The van der Waals surface area contributed by atoms with E-state index in [1.165, 1.54) is 6.42 Å². The molecule has 1 saturated carbocycles. The second kappa shape index (κ2) is 3.08. The molecule has 0 amide bonds. The predicted molar refractivity (Wildman–Crippen MR) is 53.1 cm³/mol. The van der Waals surface area contributed by atoms with Crippen LogP contribution in [-0.4, -0.2) is 13.2 Å². The average Bonchev–Trinajstić information content (AvgIpc) is 2.67. The second-order valence-electron chi connectivity index (χ2n) is 4.30. The minimum atomic E-state index is -3.26. The molecule has 0 aromatic rings. The van der Waals surface area contributed by atoms with Crippen LogP contribution in [0.25, 0.3) is 0 Å². The molecule has 5 heteroatoms. The van der Waals surface area contributed by atoms with Gasteiger partial charge >= 0.3 is 6.95 Å². The van der Waals surface area contributed by atoms with E-state index < -0.39 is 6.95 Å². The van der Waals surface area contributed by atoms with Crippen molar-refractivity contribution in [2.24, 2.45) is 23.7 Å². The third kappa shape index (κ3) is 1.38. The Kier molecular flexibility index (Phi) is 2.07. The quantitative estimate of drug-likeness (QED) is 0.478. The van der Waals surface area contributed by atoms with Crippen LogP contribution in [0.1, 0.15) is 6.42 Å². The smallest absolute Gasteiger partial charge is 0.297 e. The lowest BCUT2D eigenvalue weighted by molar-refractivity contribution is 0.197. The molecule has 2 aliphatic carbocycles. The maximum absolute atomic E-state index is 11.4. The molecule has 2 bridgehead atoms. The van der Waals surface area contributed by atoms with E-state index in [-0.39, 0.29) is 0 Å². The first-order valence-electron chi connectivity index (χ1n) is 4.93. The molecule has 1 heterocycles. The molecule has 78 valence electrons. The number of rotatable bonds is 0. The van der Waals surface area contributed by atoms with Crippen LogP contribution >= 0.6 is 18.2 Å². The van der Waals surface area contributed by atoms with Gasteiger partial charge in [-0.15, -0.1) is 0 Å². The van der Waals surface area contributed by atoms with Crippen molar-refractivity contribution in [3.63, 3.8) is 0 Å². The summed E-state index contributed by atoms with van der Waals surface area (Å²) in [6.07, 6.45) is 5.70. The number of fused-ring (bicyclic) bond motifs is 5. The topological polar surface area (TPSA) is 35.5 Å². The molecule has 3 rings (SSSR count). The molecule has 1 aliphatic heterocycles. The fraction of sp³-hybridized carbons (Fsp3) is 0.778. The highest BCUT2D eigenvalue weighted by molar-refractivity contribution is 7.81. The highest BCUT2D eigenvalue weighted by atomic mass is 35.7. The van der Waals surface area contributed by atoms with Crippen molar-refractivity contribution >= 4 is 18.2 Å². The van der Waals surface area contributed by atoms with Crippen LogP contribution in [0, 0.1) is 23.7 Å². The van der Waals surface area contributed by atoms with Gasteiger partial charge in [-0.3, -0.25) is 9.05 Å². The highest BCUT2D eigenvalue weighted by Gasteiger charge is 2.47. The highest BCUT2D eigenvalue weighted by Crippen LogP contribution is 2.60. The minimum absolute atomic E-state index is 0.458. The zero-order valence-corrected chi connectivity index (χ0v) is 9.29. The van der Waals surface area contributed by atoms with Gasteiger partial charge in [0.2, 0.25) is 0 Å². The summed E-state index contributed by atoms with van der Waals surface area (Å²) in [5, 5.41) is 0. The van der Waals surface area contributed by atoms with E-state index in [0.29, 0.717) is 36.9 Å². The van der Waals surface area contributed by atoms with Crippen LogP contribution < -0.4 is 0 Å². The van der Waals surface area contributed by atoms with Gasteiger partial charge in [0.05, 0.1) is 13.2 Å². The number of allylic oxidation sites excluding steroid dienone is 2. The lowest BCUT2D eigenvalue weighted by atomic mass is 9.84. The van der Waals surface area contributed by atoms with Crippen LogP contribution in [-0.2, 0) is 13.6 Å². The van der Waals surface area contributed by atoms with Crippen LogP contribution in [0.15, 0.2) is 12.2 Å². The van der Waals surface area contributed by atoms with Crippen molar-refractivity contribution in [3.05, 3.63) is 12.2 Å². The van der Waals surface area contributed by atoms with E-state index in [4.69, 9.17) is 20.3 Å². The largest absolute Gasteiger partial charge is 0.424 e. The predicted octanol–water partition coefficient (Wildman–Crippen LogP) is 2.82. The van der Waals surface area contributed by atoms with Crippen molar-refractivity contribution < 1.29 is 13.6 Å². The van der Waals surface area contributed by atoms with Gasteiger partial charge in [-0.25, -0.2) is 4.57 Å². The Morgan fingerprint density at radius 2 is 1.64 bits per heavy atom. The van der Waals surface area contributed by atoms with E-state index in [2.05, 4.69) is 12.2 Å². The van der Waals surface area contributed by atoms with Crippen LogP contribution in [0.5, 0.6) is 0 Å². The summed E-state index contributed by atoms with van der Waals surface area (Å²) in [6.45, 7) is -2.30. The lowest BCUT2D eigenvalue weighted by Gasteiger charge is -2.23. The summed E-state index contributed by atoms with van der Waals surface area (Å²) in [5.41, 5.74) is 0. The van der Waals surface area contributed by atoms with Gasteiger partial charge in [-0.1, -0.05) is 12.2 Å². The van der Waals surface area contributed by atoms with Crippen molar-refractivity contribution in [1.29, 1.82) is 0 Å². The number of halogens is 1. The van der Waals surface area contributed by atoms with Crippen LogP contribution in [0.4, 0.5) is 0 Å². The third-order valence-electron chi connectivity index (χ3n) is 3.64. The summed E-state index contributed by atoms with van der Waals surface area (Å²) >= 11 is 5.59. The van der Waals surface area contributed by atoms with Crippen LogP contribution in [0.2, 0.25) is 0 Å². The van der Waals surface area contributed by atoms with Gasteiger partial charge in [-0.2, -0.15) is 0 Å². The minimum Gasteiger partial charge on any atom is -0.297 e. The van der Waals surface area contributed by atoms with E-state index in [1.54, 1.807) is 0 Å². The summed E-state index contributed by atoms with van der Waals surface area (Å²) in [6, 6.07) is 0. The molecule has 0 aromatic heterocycles. The van der Waals surface area contributed by atoms with E-state index >= 15 is 0 Å². The Morgan fingerprint density at radius 3 is 2.14 bits per heavy atom. The third-order valence-corrected chi connectivity index (χ3v) is 5.14. The molecule has 0 radical (unpaired) electrons. The fourth-order valence-corrected chi connectivity index (χ4v) is 4.02. The second-order valence-corrected chi connectivity index (χ2v) is 6.92. The normalized spacial score (nSPS) is 55.8. The van der Waals surface area contributed by atoms with Crippen molar-refractivity contribution in [2.75, 3.05) is 13.2 Å². The van der Waals surface area contributed by atoms with Gasteiger partial charge in [0.1, 0.15) is 0 Å². The maximum atomic E-state index is 11.4. The maximum Gasteiger partial charge on any atom is 0.424 e. The van der Waals surface area contributed by atoms with Crippen molar-refractivity contribution in [3.8, 4) is 0 Å². The van der Waals surface area contributed by atoms with Crippen LogP contribution in [0.3, 0.4) is 0 Å².